The summed E-state index contributed by atoms with van der Waals surface area (Å²) in [6.45, 7) is 2.74. The fourth-order valence-electron chi connectivity index (χ4n) is 3.83. The molecule has 0 aliphatic heterocycles. The van der Waals surface area contributed by atoms with Crippen molar-refractivity contribution in [1.82, 2.24) is 10.2 Å². The Balaban J connectivity index is 1.75. The minimum absolute atomic E-state index is 0.0688. The average Bonchev–Trinajstić information content (AvgIpc) is 3.34. The van der Waals surface area contributed by atoms with E-state index >= 15 is 0 Å². The van der Waals surface area contributed by atoms with Crippen molar-refractivity contribution in [2.45, 2.75) is 69.6 Å². The first-order valence-electron chi connectivity index (χ1n) is 9.09. The molecule has 2 atom stereocenters. The van der Waals surface area contributed by atoms with Gasteiger partial charge in [0.25, 0.3) is 0 Å². The summed E-state index contributed by atoms with van der Waals surface area (Å²) >= 11 is 6.34. The normalized spacial score (nSPS) is 25.1. The van der Waals surface area contributed by atoms with Crippen molar-refractivity contribution in [2.24, 2.45) is 0 Å². The Labute approximate surface area is 149 Å². The third kappa shape index (κ3) is 3.55. The zero-order valence-corrected chi connectivity index (χ0v) is 15.1. The highest BCUT2D eigenvalue weighted by molar-refractivity contribution is 6.31. The summed E-state index contributed by atoms with van der Waals surface area (Å²) in [5.74, 6) is 0. The predicted octanol–water partition coefficient (Wildman–Crippen LogP) is 4.05. The Morgan fingerprint density at radius 3 is 2.67 bits per heavy atom. The second-order valence-corrected chi connectivity index (χ2v) is 7.51. The van der Waals surface area contributed by atoms with Gasteiger partial charge in [-0.3, -0.25) is 0 Å². The summed E-state index contributed by atoms with van der Waals surface area (Å²) in [5, 5.41) is 14.3. The second kappa shape index (κ2) is 7.32. The molecule has 24 heavy (non-hydrogen) atoms. The molecule has 2 saturated carbocycles. The van der Waals surface area contributed by atoms with Crippen LogP contribution in [0.3, 0.4) is 0 Å². The van der Waals surface area contributed by atoms with Crippen molar-refractivity contribution in [3.05, 3.63) is 34.9 Å². The van der Waals surface area contributed by atoms with E-state index in [2.05, 4.69) is 12.2 Å². The third-order valence-corrected chi connectivity index (χ3v) is 5.63. The molecule has 1 aromatic carbocycles. The van der Waals surface area contributed by atoms with Crippen LogP contribution in [0.4, 0.5) is 4.79 Å². The Morgan fingerprint density at radius 1 is 1.33 bits per heavy atom. The van der Waals surface area contributed by atoms with Gasteiger partial charge in [-0.1, -0.05) is 49.6 Å². The summed E-state index contributed by atoms with van der Waals surface area (Å²) < 4.78 is 0. The van der Waals surface area contributed by atoms with Crippen molar-refractivity contribution in [2.75, 3.05) is 6.54 Å². The molecule has 0 unspecified atom stereocenters. The fraction of sp³-hybridized carbons (Fsp3) is 0.632. The van der Waals surface area contributed by atoms with Gasteiger partial charge in [-0.05, 0) is 43.7 Å². The number of aliphatic hydroxyl groups is 1. The number of carbonyl (C=O) groups is 1. The van der Waals surface area contributed by atoms with Gasteiger partial charge in [0.1, 0.15) is 0 Å². The Bertz CT molecular complexity index is 588. The molecule has 5 heteroatoms. The lowest BCUT2D eigenvalue weighted by atomic mass is 9.91. The number of benzene rings is 1. The van der Waals surface area contributed by atoms with E-state index in [-0.39, 0.29) is 17.6 Å². The smallest absolute Gasteiger partial charge is 0.318 e. The Hall–Kier alpha value is -1.26. The molecule has 2 aliphatic rings. The topological polar surface area (TPSA) is 52.6 Å². The van der Waals surface area contributed by atoms with E-state index in [1.165, 1.54) is 0 Å². The first-order valence-corrected chi connectivity index (χ1v) is 9.47. The number of urea groups is 1. The summed E-state index contributed by atoms with van der Waals surface area (Å²) in [7, 11) is 0. The van der Waals surface area contributed by atoms with Crippen LogP contribution < -0.4 is 5.32 Å². The van der Waals surface area contributed by atoms with E-state index in [9.17, 15) is 9.90 Å². The molecular formula is C19H27ClN2O2. The van der Waals surface area contributed by atoms with Gasteiger partial charge in [0.05, 0.1) is 17.7 Å². The molecular weight excluding hydrogens is 324 g/mol. The van der Waals surface area contributed by atoms with Gasteiger partial charge in [0.15, 0.2) is 0 Å². The van der Waals surface area contributed by atoms with Crippen LogP contribution in [-0.2, 0) is 5.54 Å². The number of rotatable bonds is 5. The molecule has 2 aliphatic carbocycles. The SMILES string of the molecule is CCCN(C(=O)NC1(c2ccccc2Cl)CC1)[C@@H]1CCCC[C@H]1O. The van der Waals surface area contributed by atoms with Crippen molar-refractivity contribution < 1.29 is 9.90 Å². The van der Waals surface area contributed by atoms with Crippen LogP contribution >= 0.6 is 11.6 Å². The lowest BCUT2D eigenvalue weighted by molar-refractivity contribution is 0.0356. The molecule has 2 amide bonds. The van der Waals surface area contributed by atoms with Gasteiger partial charge in [-0.25, -0.2) is 4.79 Å². The molecule has 0 bridgehead atoms. The van der Waals surface area contributed by atoms with Gasteiger partial charge < -0.3 is 15.3 Å². The fourth-order valence-corrected chi connectivity index (χ4v) is 4.14. The van der Waals surface area contributed by atoms with Crippen LogP contribution in [0, 0.1) is 0 Å². The number of nitrogens with zero attached hydrogens (tertiary/aromatic N) is 1. The van der Waals surface area contributed by atoms with Gasteiger partial charge in [0.2, 0.25) is 0 Å². The molecule has 0 heterocycles. The van der Waals surface area contributed by atoms with E-state index < -0.39 is 6.10 Å². The highest BCUT2D eigenvalue weighted by atomic mass is 35.5. The average molecular weight is 351 g/mol. The number of amides is 2. The lowest BCUT2D eigenvalue weighted by Gasteiger charge is -2.38. The van der Waals surface area contributed by atoms with Crippen molar-refractivity contribution in [1.29, 1.82) is 0 Å². The minimum atomic E-state index is -0.411. The number of hydrogen-bond acceptors (Lipinski definition) is 2. The molecule has 0 spiro atoms. The van der Waals surface area contributed by atoms with E-state index in [0.29, 0.717) is 11.6 Å². The Kier molecular flexibility index (Phi) is 5.36. The molecule has 2 fully saturated rings. The molecule has 4 nitrogen and oxygen atoms in total. The van der Waals surface area contributed by atoms with E-state index in [1.54, 1.807) is 0 Å². The number of halogens is 1. The number of hydrogen-bond donors (Lipinski definition) is 2. The third-order valence-electron chi connectivity index (χ3n) is 5.31. The summed E-state index contributed by atoms with van der Waals surface area (Å²) in [4.78, 5) is 14.8. The summed E-state index contributed by atoms with van der Waals surface area (Å²) in [6.07, 6.45) is 6.09. The molecule has 0 radical (unpaired) electrons. The molecule has 3 rings (SSSR count). The summed E-state index contributed by atoms with van der Waals surface area (Å²) in [6, 6.07) is 7.60. The largest absolute Gasteiger partial charge is 0.391 e. The predicted molar refractivity (Wildman–Crippen MR) is 96.2 cm³/mol. The maximum absolute atomic E-state index is 13.0. The molecule has 1 aromatic rings. The Morgan fingerprint density at radius 2 is 2.04 bits per heavy atom. The van der Waals surface area contributed by atoms with Crippen LogP contribution in [0.15, 0.2) is 24.3 Å². The lowest BCUT2D eigenvalue weighted by Crippen LogP contribution is -2.54. The van der Waals surface area contributed by atoms with Crippen LogP contribution in [-0.4, -0.2) is 34.7 Å². The maximum Gasteiger partial charge on any atom is 0.318 e. The van der Waals surface area contributed by atoms with Gasteiger partial charge in [0, 0.05) is 11.6 Å². The molecule has 2 N–H and O–H groups in total. The van der Waals surface area contributed by atoms with Crippen LogP contribution in [0.25, 0.3) is 0 Å². The number of aliphatic hydroxyl groups excluding tert-OH is 1. The quantitative estimate of drug-likeness (QED) is 0.841. The van der Waals surface area contributed by atoms with Gasteiger partial charge in [-0.15, -0.1) is 0 Å². The van der Waals surface area contributed by atoms with E-state index in [1.807, 2.05) is 29.2 Å². The van der Waals surface area contributed by atoms with Crippen molar-refractivity contribution in [3.63, 3.8) is 0 Å². The van der Waals surface area contributed by atoms with Crippen LogP contribution in [0.1, 0.15) is 57.4 Å². The second-order valence-electron chi connectivity index (χ2n) is 7.10. The monoisotopic (exact) mass is 350 g/mol. The number of carbonyl (C=O) groups excluding carboxylic acids is 1. The molecule has 0 aromatic heterocycles. The maximum atomic E-state index is 13.0. The molecule has 132 valence electrons. The van der Waals surface area contributed by atoms with Crippen LogP contribution in [0.2, 0.25) is 5.02 Å². The van der Waals surface area contributed by atoms with Crippen molar-refractivity contribution in [3.8, 4) is 0 Å². The first-order chi connectivity index (χ1) is 11.6. The number of nitrogens with one attached hydrogen (secondary N) is 1. The minimum Gasteiger partial charge on any atom is -0.391 e. The zero-order chi connectivity index (χ0) is 17.2. The summed E-state index contributed by atoms with van der Waals surface area (Å²) in [5.41, 5.74) is 0.668. The highest BCUT2D eigenvalue weighted by Crippen LogP contribution is 2.48. The van der Waals surface area contributed by atoms with E-state index in [4.69, 9.17) is 11.6 Å². The van der Waals surface area contributed by atoms with Gasteiger partial charge in [-0.2, -0.15) is 0 Å². The van der Waals surface area contributed by atoms with E-state index in [0.717, 1.165) is 50.5 Å². The first kappa shape index (κ1) is 17.6. The molecule has 0 saturated heterocycles. The zero-order valence-electron chi connectivity index (χ0n) is 14.3. The van der Waals surface area contributed by atoms with Gasteiger partial charge >= 0.3 is 6.03 Å². The highest BCUT2D eigenvalue weighted by Gasteiger charge is 2.48. The van der Waals surface area contributed by atoms with Crippen molar-refractivity contribution >= 4 is 17.6 Å². The van der Waals surface area contributed by atoms with Crippen LogP contribution in [0.5, 0.6) is 0 Å². The standard InChI is InChI=1S/C19H27ClN2O2/c1-2-13-22(16-9-5-6-10-17(16)23)18(24)21-19(11-12-19)14-7-3-4-8-15(14)20/h3-4,7-8,16-17,23H,2,5-6,9-13H2,1H3,(H,21,24)/t16-,17-/m1/s1.